The number of nitrogens with zero attached hydrogens (tertiary/aromatic N) is 3. The second kappa shape index (κ2) is 12.1. The molecule has 0 atom stereocenters. The maximum Gasteiger partial charge on any atom is 0.309 e. The third-order valence-electron chi connectivity index (χ3n) is 4.73. The molecule has 8 heteroatoms. The molecule has 1 N–H and O–H groups in total. The van der Waals surface area contributed by atoms with Crippen molar-refractivity contribution in [3.63, 3.8) is 0 Å². The van der Waals surface area contributed by atoms with Crippen molar-refractivity contribution < 1.29 is 9.53 Å². The quantitative estimate of drug-likeness (QED) is 0.264. The molecule has 2 heterocycles. The first-order valence-corrected chi connectivity index (χ1v) is 10.8. The summed E-state index contributed by atoms with van der Waals surface area (Å²) in [6.07, 6.45) is 1.61. The van der Waals surface area contributed by atoms with Gasteiger partial charge in [0.2, 0.25) is 0 Å². The Balaban J connectivity index is 0.00000300. The number of likely N-dealkylation sites (tertiary alicyclic amines) is 1. The van der Waals surface area contributed by atoms with Gasteiger partial charge in [-0.1, -0.05) is 30.3 Å². The Bertz CT molecular complexity index is 789. The molecule has 1 saturated heterocycles. The number of piperidine rings is 1. The van der Waals surface area contributed by atoms with E-state index in [-0.39, 0.29) is 35.9 Å². The minimum Gasteiger partial charge on any atom is -0.466 e. The maximum atomic E-state index is 11.9. The van der Waals surface area contributed by atoms with Gasteiger partial charge in [-0.25, -0.2) is 9.98 Å². The van der Waals surface area contributed by atoms with Crippen molar-refractivity contribution in [2.24, 2.45) is 10.9 Å². The summed E-state index contributed by atoms with van der Waals surface area (Å²) in [5.41, 5.74) is 2.12. The summed E-state index contributed by atoms with van der Waals surface area (Å²) in [4.78, 5) is 23.7. The van der Waals surface area contributed by atoms with Crippen molar-refractivity contribution in [2.45, 2.75) is 33.2 Å². The number of carbonyl (C=O) groups is 1. The van der Waals surface area contributed by atoms with Gasteiger partial charge >= 0.3 is 5.97 Å². The highest BCUT2D eigenvalue weighted by Crippen LogP contribution is 2.22. The molecule has 1 aromatic heterocycles. The lowest BCUT2D eigenvalue weighted by molar-refractivity contribution is -0.149. The lowest BCUT2D eigenvalue weighted by Gasteiger charge is -2.33. The number of hydrogen-bond acceptors (Lipinski definition) is 5. The van der Waals surface area contributed by atoms with Crippen LogP contribution in [0.15, 0.2) is 40.7 Å². The first kappa shape index (κ1) is 23.6. The van der Waals surface area contributed by atoms with E-state index in [1.807, 2.05) is 25.1 Å². The van der Waals surface area contributed by atoms with E-state index in [1.165, 1.54) is 0 Å². The third kappa shape index (κ3) is 6.67. The summed E-state index contributed by atoms with van der Waals surface area (Å²) in [6.45, 7) is 7.34. The molecule has 6 nitrogen and oxygen atoms in total. The van der Waals surface area contributed by atoms with Gasteiger partial charge in [-0.2, -0.15) is 0 Å². The molecule has 0 amide bonds. The summed E-state index contributed by atoms with van der Waals surface area (Å²) in [6, 6.07) is 10.2. The molecule has 0 saturated carbocycles. The number of hydrogen-bond donors (Lipinski definition) is 1. The number of aromatic nitrogens is 1. The molecule has 0 bridgehead atoms. The van der Waals surface area contributed by atoms with Crippen molar-refractivity contribution >= 4 is 47.2 Å². The standard InChI is InChI=1S/C21H28N4O2S.HI/c1-3-22-21(25-12-10-17(11-13-25)20(26)27-4-2)23-14-19-24-18(15-28-19)16-8-6-5-7-9-16;/h5-9,15,17H,3-4,10-14H2,1-2H3,(H,22,23);1H. The number of nitrogens with one attached hydrogen (secondary N) is 1. The number of thiazole rings is 1. The van der Waals surface area contributed by atoms with E-state index < -0.39 is 0 Å². The molecular weight excluding hydrogens is 499 g/mol. The third-order valence-corrected chi connectivity index (χ3v) is 5.57. The van der Waals surface area contributed by atoms with Gasteiger partial charge in [0.25, 0.3) is 0 Å². The average Bonchev–Trinajstić information content (AvgIpc) is 3.21. The van der Waals surface area contributed by atoms with Crippen LogP contribution in [-0.4, -0.2) is 48.1 Å². The second-order valence-corrected chi connectivity index (χ2v) is 7.62. The summed E-state index contributed by atoms with van der Waals surface area (Å²) < 4.78 is 5.16. The van der Waals surface area contributed by atoms with Gasteiger partial charge in [0.1, 0.15) is 5.01 Å². The first-order valence-electron chi connectivity index (χ1n) is 9.91. The van der Waals surface area contributed by atoms with Crippen molar-refractivity contribution in [1.29, 1.82) is 0 Å². The van der Waals surface area contributed by atoms with Crippen LogP contribution in [-0.2, 0) is 16.1 Å². The van der Waals surface area contributed by atoms with E-state index in [4.69, 9.17) is 14.7 Å². The van der Waals surface area contributed by atoms with E-state index in [1.54, 1.807) is 11.3 Å². The van der Waals surface area contributed by atoms with E-state index in [9.17, 15) is 4.79 Å². The molecule has 158 valence electrons. The molecule has 2 aromatic rings. The number of rotatable bonds is 6. The molecule has 0 aliphatic carbocycles. The van der Waals surface area contributed by atoms with Gasteiger partial charge in [-0.05, 0) is 26.7 Å². The molecular formula is C21H29IN4O2S. The van der Waals surface area contributed by atoms with Crippen LogP contribution in [0, 0.1) is 5.92 Å². The van der Waals surface area contributed by atoms with Gasteiger partial charge in [0.15, 0.2) is 5.96 Å². The highest BCUT2D eigenvalue weighted by atomic mass is 127. The Morgan fingerprint density at radius 1 is 1.28 bits per heavy atom. The lowest BCUT2D eigenvalue weighted by Crippen LogP contribution is -2.46. The topological polar surface area (TPSA) is 66.8 Å². The Kier molecular flexibility index (Phi) is 9.86. The predicted molar refractivity (Wildman–Crippen MR) is 129 cm³/mol. The van der Waals surface area contributed by atoms with Gasteiger partial charge in [-0.3, -0.25) is 4.79 Å². The van der Waals surface area contributed by atoms with E-state index in [2.05, 4.69) is 34.7 Å². The molecule has 0 radical (unpaired) electrons. The number of ether oxygens (including phenoxy) is 1. The zero-order valence-electron chi connectivity index (χ0n) is 17.0. The highest BCUT2D eigenvalue weighted by Gasteiger charge is 2.27. The Labute approximate surface area is 193 Å². The van der Waals surface area contributed by atoms with Crippen LogP contribution in [0.5, 0.6) is 0 Å². The van der Waals surface area contributed by atoms with Crippen LogP contribution >= 0.6 is 35.3 Å². The molecule has 1 fully saturated rings. The van der Waals surface area contributed by atoms with Gasteiger partial charge in [0, 0.05) is 30.6 Å². The summed E-state index contributed by atoms with van der Waals surface area (Å²) in [7, 11) is 0. The lowest BCUT2D eigenvalue weighted by atomic mass is 9.97. The molecule has 1 aromatic carbocycles. The fourth-order valence-corrected chi connectivity index (χ4v) is 4.01. The maximum absolute atomic E-state index is 11.9. The van der Waals surface area contributed by atoms with Crippen molar-refractivity contribution in [3.8, 4) is 11.3 Å². The van der Waals surface area contributed by atoms with Crippen molar-refractivity contribution in [3.05, 3.63) is 40.7 Å². The van der Waals surface area contributed by atoms with Crippen LogP contribution in [0.1, 0.15) is 31.7 Å². The van der Waals surface area contributed by atoms with Gasteiger partial charge in [-0.15, -0.1) is 35.3 Å². The largest absolute Gasteiger partial charge is 0.466 e. The molecule has 1 aliphatic rings. The molecule has 3 rings (SSSR count). The van der Waals surface area contributed by atoms with E-state index in [0.29, 0.717) is 13.2 Å². The number of aliphatic imine (C=N–C) groups is 1. The van der Waals surface area contributed by atoms with E-state index >= 15 is 0 Å². The van der Waals surface area contributed by atoms with Gasteiger partial charge in [0.05, 0.1) is 24.8 Å². The zero-order valence-corrected chi connectivity index (χ0v) is 20.1. The molecule has 1 aliphatic heterocycles. The summed E-state index contributed by atoms with van der Waals surface area (Å²) in [5, 5.41) is 6.44. The minimum absolute atomic E-state index is 0. The number of carbonyl (C=O) groups excluding carboxylic acids is 1. The van der Waals surface area contributed by atoms with Gasteiger partial charge < -0.3 is 15.0 Å². The zero-order chi connectivity index (χ0) is 19.8. The molecule has 0 spiro atoms. The monoisotopic (exact) mass is 528 g/mol. The Morgan fingerprint density at radius 3 is 2.66 bits per heavy atom. The fraction of sp³-hybridized carbons (Fsp3) is 0.476. The van der Waals surface area contributed by atoms with E-state index in [0.717, 1.165) is 54.7 Å². The van der Waals surface area contributed by atoms with Crippen LogP contribution in [0.4, 0.5) is 0 Å². The number of guanidine groups is 1. The Hall–Kier alpha value is -1.68. The number of halogens is 1. The van der Waals surface area contributed by atoms with Crippen molar-refractivity contribution in [2.75, 3.05) is 26.2 Å². The SMILES string of the molecule is CCNC(=NCc1nc(-c2ccccc2)cs1)N1CCC(C(=O)OCC)CC1.I. The average molecular weight is 528 g/mol. The minimum atomic E-state index is -0.0692. The van der Waals surface area contributed by atoms with Crippen LogP contribution in [0.2, 0.25) is 0 Å². The first-order chi connectivity index (χ1) is 13.7. The van der Waals surface area contributed by atoms with Crippen LogP contribution < -0.4 is 5.32 Å². The number of esters is 1. The second-order valence-electron chi connectivity index (χ2n) is 6.68. The predicted octanol–water partition coefficient (Wildman–Crippen LogP) is 4.17. The molecule has 0 unspecified atom stereocenters. The normalized spacial score (nSPS) is 15.0. The van der Waals surface area contributed by atoms with Crippen LogP contribution in [0.3, 0.4) is 0 Å². The summed E-state index contributed by atoms with van der Waals surface area (Å²) >= 11 is 1.64. The molecule has 29 heavy (non-hydrogen) atoms. The number of benzene rings is 1. The van der Waals surface area contributed by atoms with Crippen LogP contribution in [0.25, 0.3) is 11.3 Å². The smallest absolute Gasteiger partial charge is 0.309 e. The fourth-order valence-electron chi connectivity index (χ4n) is 3.28. The highest BCUT2D eigenvalue weighted by molar-refractivity contribution is 14.0. The summed E-state index contributed by atoms with van der Waals surface area (Å²) in [5.74, 6) is 0.827. The van der Waals surface area contributed by atoms with Crippen molar-refractivity contribution in [1.82, 2.24) is 15.2 Å². The Morgan fingerprint density at radius 2 is 2.00 bits per heavy atom.